The fraction of sp³-hybridized carbons (Fsp3) is 0.900. The number of carbonyl (C=O) groups excluding carboxylic acids is 1. The van der Waals surface area contributed by atoms with Crippen molar-refractivity contribution in [1.82, 2.24) is 10.2 Å². The minimum absolute atomic E-state index is 0.0746. The highest BCUT2D eigenvalue weighted by Gasteiger charge is 2.55. The molecule has 1 atom stereocenters. The number of hydrogen-bond donors (Lipinski definition) is 1. The van der Waals surface area contributed by atoms with Crippen molar-refractivity contribution >= 4 is 6.09 Å². The van der Waals surface area contributed by atoms with Crippen LogP contribution in [0.4, 0.5) is 4.79 Å². The number of nitrogens with one attached hydrogen (secondary N) is 1. The molecule has 1 unspecified atom stereocenters. The van der Waals surface area contributed by atoms with E-state index in [1.807, 2.05) is 4.90 Å². The van der Waals surface area contributed by atoms with Gasteiger partial charge < -0.3 is 15.0 Å². The Morgan fingerprint density at radius 1 is 1.43 bits per heavy atom. The zero-order valence-corrected chi connectivity index (χ0v) is 8.29. The van der Waals surface area contributed by atoms with Crippen LogP contribution in [-0.2, 0) is 4.74 Å². The zero-order valence-electron chi connectivity index (χ0n) is 8.29. The minimum Gasteiger partial charge on any atom is -0.440 e. The van der Waals surface area contributed by atoms with Gasteiger partial charge in [-0.2, -0.15) is 0 Å². The van der Waals surface area contributed by atoms with Gasteiger partial charge in [0.1, 0.15) is 5.60 Å². The first-order chi connectivity index (χ1) is 6.82. The number of piperidine rings is 1. The quantitative estimate of drug-likeness (QED) is 0.621. The van der Waals surface area contributed by atoms with E-state index < -0.39 is 0 Å². The lowest BCUT2D eigenvalue weighted by Crippen LogP contribution is -2.49. The number of rotatable bonds is 0. The standard InChI is InChI=1S/C10H16N2O2/c13-9-12-7-1-2-8(12)10(14-9)3-5-11-6-4-10/h8,11H,1-7H2. The Labute approximate surface area is 83.6 Å². The predicted octanol–water partition coefficient (Wildman–Crippen LogP) is 0.723. The third-order valence-electron chi connectivity index (χ3n) is 3.84. The predicted molar refractivity (Wildman–Crippen MR) is 51.0 cm³/mol. The van der Waals surface area contributed by atoms with Crippen molar-refractivity contribution in [2.75, 3.05) is 19.6 Å². The minimum atomic E-state index is -0.140. The Morgan fingerprint density at radius 2 is 2.21 bits per heavy atom. The van der Waals surface area contributed by atoms with Crippen LogP contribution in [0.5, 0.6) is 0 Å². The molecule has 4 nitrogen and oxygen atoms in total. The number of ether oxygens (including phenoxy) is 1. The Bertz CT molecular complexity index is 261. The van der Waals surface area contributed by atoms with Gasteiger partial charge in [-0.25, -0.2) is 4.79 Å². The number of hydrogen-bond acceptors (Lipinski definition) is 3. The molecule has 78 valence electrons. The zero-order chi connectivity index (χ0) is 9.60. The molecule has 0 aromatic rings. The summed E-state index contributed by atoms with van der Waals surface area (Å²) < 4.78 is 5.60. The molecule has 0 aromatic carbocycles. The van der Waals surface area contributed by atoms with E-state index in [2.05, 4.69) is 5.32 Å². The Kier molecular flexibility index (Phi) is 1.74. The van der Waals surface area contributed by atoms with Crippen molar-refractivity contribution in [3.8, 4) is 0 Å². The number of amides is 1. The summed E-state index contributed by atoms with van der Waals surface area (Å²) in [6.45, 7) is 2.87. The monoisotopic (exact) mass is 196 g/mol. The van der Waals surface area contributed by atoms with E-state index >= 15 is 0 Å². The second-order valence-corrected chi connectivity index (χ2v) is 4.53. The van der Waals surface area contributed by atoms with E-state index in [0.717, 1.165) is 45.3 Å². The molecule has 1 amide bonds. The molecule has 0 saturated carbocycles. The van der Waals surface area contributed by atoms with Crippen LogP contribution in [-0.4, -0.2) is 42.3 Å². The maximum Gasteiger partial charge on any atom is 0.410 e. The molecule has 0 bridgehead atoms. The highest BCUT2D eigenvalue weighted by atomic mass is 16.6. The molecule has 3 rings (SSSR count). The normalized spacial score (nSPS) is 34.7. The van der Waals surface area contributed by atoms with E-state index in [1.165, 1.54) is 0 Å². The maximum absolute atomic E-state index is 11.6. The van der Waals surface area contributed by atoms with Gasteiger partial charge in [0, 0.05) is 19.4 Å². The van der Waals surface area contributed by atoms with Gasteiger partial charge in [-0.1, -0.05) is 0 Å². The summed E-state index contributed by atoms with van der Waals surface area (Å²) >= 11 is 0. The van der Waals surface area contributed by atoms with E-state index in [-0.39, 0.29) is 11.7 Å². The fourth-order valence-electron chi connectivity index (χ4n) is 3.12. The smallest absolute Gasteiger partial charge is 0.410 e. The van der Waals surface area contributed by atoms with E-state index in [0.29, 0.717) is 6.04 Å². The van der Waals surface area contributed by atoms with Crippen LogP contribution >= 0.6 is 0 Å². The number of carbonyl (C=O) groups is 1. The van der Waals surface area contributed by atoms with Crippen molar-refractivity contribution in [1.29, 1.82) is 0 Å². The third-order valence-corrected chi connectivity index (χ3v) is 3.84. The molecule has 0 aromatic heterocycles. The summed E-state index contributed by atoms with van der Waals surface area (Å²) in [6.07, 6.45) is 4.18. The highest BCUT2D eigenvalue weighted by Crippen LogP contribution is 2.42. The molecular weight excluding hydrogens is 180 g/mol. The molecule has 3 heterocycles. The van der Waals surface area contributed by atoms with E-state index in [1.54, 1.807) is 0 Å². The van der Waals surface area contributed by atoms with Crippen LogP contribution in [0.2, 0.25) is 0 Å². The van der Waals surface area contributed by atoms with Crippen LogP contribution in [0.15, 0.2) is 0 Å². The molecule has 1 N–H and O–H groups in total. The summed E-state index contributed by atoms with van der Waals surface area (Å²) in [5.74, 6) is 0. The molecular formula is C10H16N2O2. The van der Waals surface area contributed by atoms with Crippen molar-refractivity contribution in [2.24, 2.45) is 0 Å². The first kappa shape index (κ1) is 8.53. The van der Waals surface area contributed by atoms with Crippen LogP contribution in [0.1, 0.15) is 25.7 Å². The van der Waals surface area contributed by atoms with E-state index in [9.17, 15) is 4.79 Å². The molecule has 3 fully saturated rings. The van der Waals surface area contributed by atoms with Crippen LogP contribution in [0, 0.1) is 0 Å². The van der Waals surface area contributed by atoms with Gasteiger partial charge in [-0.05, 0) is 25.9 Å². The summed E-state index contributed by atoms with van der Waals surface area (Å²) in [5, 5.41) is 3.32. The molecule has 0 radical (unpaired) electrons. The van der Waals surface area contributed by atoms with Gasteiger partial charge in [-0.15, -0.1) is 0 Å². The molecule has 0 aliphatic carbocycles. The van der Waals surface area contributed by atoms with Crippen LogP contribution in [0.25, 0.3) is 0 Å². The maximum atomic E-state index is 11.6. The largest absolute Gasteiger partial charge is 0.440 e. The highest BCUT2D eigenvalue weighted by molar-refractivity contribution is 5.72. The Morgan fingerprint density at radius 3 is 3.00 bits per heavy atom. The molecule has 3 aliphatic rings. The molecule has 1 spiro atoms. The van der Waals surface area contributed by atoms with Crippen molar-refractivity contribution in [3.05, 3.63) is 0 Å². The second-order valence-electron chi connectivity index (χ2n) is 4.53. The van der Waals surface area contributed by atoms with Crippen molar-refractivity contribution in [2.45, 2.75) is 37.3 Å². The lowest BCUT2D eigenvalue weighted by molar-refractivity contribution is 0.00875. The number of fused-ring (bicyclic) bond motifs is 2. The lowest BCUT2D eigenvalue weighted by Gasteiger charge is -2.35. The average molecular weight is 196 g/mol. The second kappa shape index (κ2) is 2.86. The summed E-state index contributed by atoms with van der Waals surface area (Å²) in [4.78, 5) is 13.5. The van der Waals surface area contributed by atoms with Gasteiger partial charge in [-0.3, -0.25) is 0 Å². The van der Waals surface area contributed by atoms with Crippen LogP contribution < -0.4 is 5.32 Å². The Balaban J connectivity index is 1.88. The van der Waals surface area contributed by atoms with Crippen molar-refractivity contribution in [3.63, 3.8) is 0 Å². The van der Waals surface area contributed by atoms with Gasteiger partial charge >= 0.3 is 6.09 Å². The topological polar surface area (TPSA) is 41.6 Å². The fourth-order valence-corrected chi connectivity index (χ4v) is 3.12. The third kappa shape index (κ3) is 1.00. The summed E-state index contributed by atoms with van der Waals surface area (Å²) in [7, 11) is 0. The summed E-state index contributed by atoms with van der Waals surface area (Å²) in [5.41, 5.74) is -0.140. The number of nitrogens with zero attached hydrogens (tertiary/aromatic N) is 1. The first-order valence-electron chi connectivity index (χ1n) is 5.52. The molecule has 4 heteroatoms. The molecule has 14 heavy (non-hydrogen) atoms. The molecule has 3 aliphatic heterocycles. The van der Waals surface area contributed by atoms with Gasteiger partial charge in [0.2, 0.25) is 0 Å². The molecule has 3 saturated heterocycles. The van der Waals surface area contributed by atoms with Crippen LogP contribution in [0.3, 0.4) is 0 Å². The van der Waals surface area contributed by atoms with E-state index in [4.69, 9.17) is 4.74 Å². The van der Waals surface area contributed by atoms with Gasteiger partial charge in [0.15, 0.2) is 0 Å². The summed E-state index contributed by atoms with van der Waals surface area (Å²) in [6, 6.07) is 0.372. The lowest BCUT2D eigenvalue weighted by atomic mass is 9.84. The average Bonchev–Trinajstić information content (AvgIpc) is 2.74. The van der Waals surface area contributed by atoms with Crippen molar-refractivity contribution < 1.29 is 9.53 Å². The SMILES string of the molecule is O=C1OC2(CCNCC2)C2CCCN12. The van der Waals surface area contributed by atoms with Gasteiger partial charge in [0.25, 0.3) is 0 Å². The van der Waals surface area contributed by atoms with Gasteiger partial charge in [0.05, 0.1) is 6.04 Å². The first-order valence-corrected chi connectivity index (χ1v) is 5.52. The Hall–Kier alpha value is -0.770.